The molecule has 0 aliphatic rings. The highest BCUT2D eigenvalue weighted by Crippen LogP contribution is 2.21. The molecular weight excluding hydrogens is 327 g/mol. The average Bonchev–Trinajstić information content (AvgIpc) is 2.13. The van der Waals surface area contributed by atoms with Gasteiger partial charge in [-0.15, -0.1) is 0 Å². The minimum absolute atomic E-state index is 0.0855. The molecule has 0 bridgehead atoms. The molecule has 0 aromatic rings. The minimum atomic E-state index is -4.32. The number of halogens is 4. The van der Waals surface area contributed by atoms with E-state index in [0.29, 0.717) is 6.61 Å². The highest BCUT2D eigenvalue weighted by Gasteiger charge is 2.27. The van der Waals surface area contributed by atoms with Crippen molar-refractivity contribution in [3.63, 3.8) is 0 Å². The lowest BCUT2D eigenvalue weighted by molar-refractivity contribution is -0.134. The maximum atomic E-state index is 11.8. The van der Waals surface area contributed by atoms with Crippen molar-refractivity contribution in [2.45, 2.75) is 23.8 Å². The first-order valence-electron chi connectivity index (χ1n) is 4.83. The van der Waals surface area contributed by atoms with Crippen LogP contribution in [0.4, 0.5) is 13.2 Å². The topological polar surface area (TPSA) is 55.4 Å². The predicted molar refractivity (Wildman–Crippen MR) is 61.7 cm³/mol. The minimum Gasteiger partial charge on any atom is -0.383 e. The van der Waals surface area contributed by atoms with E-state index in [0.717, 1.165) is 0 Å². The summed E-state index contributed by atoms with van der Waals surface area (Å²) < 4.78 is 65.0. The van der Waals surface area contributed by atoms with E-state index < -0.39 is 34.8 Å². The van der Waals surface area contributed by atoms with Crippen molar-refractivity contribution in [2.75, 3.05) is 26.0 Å². The molecule has 1 N–H and O–H groups in total. The van der Waals surface area contributed by atoms with E-state index in [-0.39, 0.29) is 11.4 Å². The Morgan fingerprint density at radius 2 is 2.00 bits per heavy atom. The van der Waals surface area contributed by atoms with Gasteiger partial charge in [0, 0.05) is 20.1 Å². The summed E-state index contributed by atoms with van der Waals surface area (Å²) in [4.78, 5) is -0.204. The van der Waals surface area contributed by atoms with Crippen molar-refractivity contribution in [1.29, 1.82) is 0 Å². The third-order valence-electron chi connectivity index (χ3n) is 1.75. The molecule has 0 saturated heterocycles. The first kappa shape index (κ1) is 17.1. The summed E-state index contributed by atoms with van der Waals surface area (Å²) in [5, 5.41) is 0. The fraction of sp³-hybridized carbons (Fsp3) is 1.00. The number of alkyl halides is 4. The lowest BCUT2D eigenvalue weighted by atomic mass is 10.3. The molecule has 0 saturated carbocycles. The highest BCUT2D eigenvalue weighted by atomic mass is 79.9. The van der Waals surface area contributed by atoms with E-state index in [2.05, 4.69) is 20.7 Å². The van der Waals surface area contributed by atoms with Gasteiger partial charge in [-0.05, 0) is 6.42 Å². The van der Waals surface area contributed by atoms with Crippen molar-refractivity contribution < 1.29 is 26.3 Å². The molecule has 0 aromatic carbocycles. The van der Waals surface area contributed by atoms with E-state index >= 15 is 0 Å². The number of methoxy groups -OCH3 is 1. The van der Waals surface area contributed by atoms with Gasteiger partial charge in [-0.2, -0.15) is 13.2 Å². The van der Waals surface area contributed by atoms with E-state index in [4.69, 9.17) is 4.74 Å². The van der Waals surface area contributed by atoms with E-state index in [1.54, 1.807) is 0 Å². The summed E-state index contributed by atoms with van der Waals surface area (Å²) in [7, 11) is -2.19. The second-order valence-corrected chi connectivity index (χ2v) is 6.66. The summed E-state index contributed by atoms with van der Waals surface area (Å²) in [6.45, 7) is 0.396. The molecule has 0 spiro atoms. The largest absolute Gasteiger partial charge is 0.389 e. The van der Waals surface area contributed by atoms with Crippen molar-refractivity contribution in [2.24, 2.45) is 0 Å². The van der Waals surface area contributed by atoms with Crippen LogP contribution in [0.25, 0.3) is 0 Å². The Bertz CT molecular complexity index is 308. The molecule has 17 heavy (non-hydrogen) atoms. The quantitative estimate of drug-likeness (QED) is 0.683. The number of rotatable bonds is 8. The van der Waals surface area contributed by atoms with Gasteiger partial charge in [-0.25, -0.2) is 13.1 Å². The van der Waals surface area contributed by atoms with Crippen molar-refractivity contribution in [1.82, 2.24) is 4.72 Å². The van der Waals surface area contributed by atoms with Gasteiger partial charge in [0.15, 0.2) is 0 Å². The zero-order chi connectivity index (χ0) is 13.5. The maximum absolute atomic E-state index is 11.8. The van der Waals surface area contributed by atoms with Crippen LogP contribution in [0.3, 0.4) is 0 Å². The smallest absolute Gasteiger partial charge is 0.383 e. The summed E-state index contributed by atoms with van der Waals surface area (Å²) in [6.07, 6.45) is -5.84. The molecule has 1 unspecified atom stereocenters. The number of hydrogen-bond donors (Lipinski definition) is 1. The van der Waals surface area contributed by atoms with Crippen LogP contribution in [0.1, 0.15) is 12.8 Å². The van der Waals surface area contributed by atoms with Crippen LogP contribution >= 0.6 is 15.9 Å². The van der Waals surface area contributed by atoms with Crippen LogP contribution < -0.4 is 4.72 Å². The van der Waals surface area contributed by atoms with E-state index in [9.17, 15) is 21.6 Å². The van der Waals surface area contributed by atoms with Crippen LogP contribution in [0.2, 0.25) is 0 Å². The predicted octanol–water partition coefficient (Wildman–Crippen LogP) is 1.66. The number of sulfonamides is 1. The van der Waals surface area contributed by atoms with Crippen molar-refractivity contribution >= 4 is 26.0 Å². The van der Waals surface area contributed by atoms with Gasteiger partial charge in [0.2, 0.25) is 10.0 Å². The Morgan fingerprint density at radius 3 is 2.47 bits per heavy atom. The maximum Gasteiger partial charge on any atom is 0.389 e. The van der Waals surface area contributed by atoms with Gasteiger partial charge in [-0.3, -0.25) is 0 Å². The zero-order valence-corrected chi connectivity index (χ0v) is 11.7. The third-order valence-corrected chi connectivity index (χ3v) is 3.77. The zero-order valence-electron chi connectivity index (χ0n) is 9.26. The van der Waals surface area contributed by atoms with Gasteiger partial charge in [0.05, 0.1) is 17.2 Å². The Labute approximate surface area is 107 Å². The number of hydrogen-bond acceptors (Lipinski definition) is 3. The molecule has 0 aliphatic carbocycles. The molecule has 4 nitrogen and oxygen atoms in total. The molecule has 0 aromatic heterocycles. The molecule has 0 radical (unpaired) electrons. The Morgan fingerprint density at radius 1 is 1.41 bits per heavy atom. The standard InChI is InChI=1S/C8H15BrF3NO3S/c1-16-6-7(9)5-13-17(14,15)4-2-3-8(10,11)12/h7,13H,2-6H2,1H3. The van der Waals surface area contributed by atoms with Crippen LogP contribution in [0.5, 0.6) is 0 Å². The second kappa shape index (κ2) is 7.55. The molecule has 1 atom stereocenters. The molecule has 0 rings (SSSR count). The number of ether oxygens (including phenoxy) is 1. The van der Waals surface area contributed by atoms with Gasteiger partial charge in [0.25, 0.3) is 0 Å². The SMILES string of the molecule is COCC(Br)CNS(=O)(=O)CCCC(F)(F)F. The fourth-order valence-electron chi connectivity index (χ4n) is 0.992. The summed E-state index contributed by atoms with van der Waals surface area (Å²) >= 11 is 3.16. The van der Waals surface area contributed by atoms with E-state index in [1.807, 2.05) is 0 Å². The lowest BCUT2D eigenvalue weighted by Crippen LogP contribution is -2.33. The van der Waals surface area contributed by atoms with E-state index in [1.165, 1.54) is 7.11 Å². The fourth-order valence-corrected chi connectivity index (χ4v) is 2.76. The first-order valence-corrected chi connectivity index (χ1v) is 7.40. The molecular formula is C8H15BrF3NO3S. The van der Waals surface area contributed by atoms with Crippen LogP contribution in [-0.4, -0.2) is 45.4 Å². The molecule has 0 heterocycles. The number of nitrogens with one attached hydrogen (secondary N) is 1. The van der Waals surface area contributed by atoms with Crippen LogP contribution in [0, 0.1) is 0 Å². The van der Waals surface area contributed by atoms with Crippen LogP contribution in [-0.2, 0) is 14.8 Å². The van der Waals surface area contributed by atoms with Gasteiger partial charge in [0.1, 0.15) is 0 Å². The normalized spacial score (nSPS) is 14.9. The summed E-state index contributed by atoms with van der Waals surface area (Å²) in [6, 6.07) is 0. The molecule has 104 valence electrons. The summed E-state index contributed by atoms with van der Waals surface area (Å²) in [5.74, 6) is -0.529. The Balaban J connectivity index is 3.89. The van der Waals surface area contributed by atoms with Crippen molar-refractivity contribution in [3.05, 3.63) is 0 Å². The highest BCUT2D eigenvalue weighted by molar-refractivity contribution is 9.09. The Hall–Kier alpha value is 0.140. The van der Waals surface area contributed by atoms with Crippen LogP contribution in [0.15, 0.2) is 0 Å². The van der Waals surface area contributed by atoms with Gasteiger partial charge in [-0.1, -0.05) is 15.9 Å². The van der Waals surface area contributed by atoms with Gasteiger partial charge < -0.3 is 4.74 Å². The molecule has 0 amide bonds. The van der Waals surface area contributed by atoms with Crippen molar-refractivity contribution in [3.8, 4) is 0 Å². The second-order valence-electron chi connectivity index (χ2n) is 3.44. The van der Waals surface area contributed by atoms with Gasteiger partial charge >= 0.3 is 6.18 Å². The third kappa shape index (κ3) is 11.0. The monoisotopic (exact) mass is 341 g/mol. The molecule has 0 aliphatic heterocycles. The first-order chi connectivity index (χ1) is 7.66. The Kier molecular flexibility index (Phi) is 7.61. The molecule has 9 heteroatoms. The lowest BCUT2D eigenvalue weighted by Gasteiger charge is -2.11. The average molecular weight is 342 g/mol. The molecule has 0 fully saturated rings. The summed E-state index contributed by atoms with van der Waals surface area (Å²) in [5.41, 5.74) is 0.